The summed E-state index contributed by atoms with van der Waals surface area (Å²) in [4.78, 5) is 38.5. The number of benzene rings is 2. The minimum absolute atomic E-state index is 0.0137. The Balaban J connectivity index is 1.55. The number of hydrogen-bond donors (Lipinski definition) is 1. The zero-order valence-corrected chi connectivity index (χ0v) is 25.0. The molecule has 0 radical (unpaired) electrons. The van der Waals surface area contributed by atoms with Crippen molar-refractivity contribution in [1.29, 1.82) is 0 Å². The average molecular weight is 581 g/mol. The molecule has 3 aromatic heterocycles. The molecule has 1 saturated heterocycles. The number of hydrogen-bond acceptors (Lipinski definition) is 7. The zero-order chi connectivity index (χ0) is 29.7. The van der Waals surface area contributed by atoms with Gasteiger partial charge in [0.25, 0.3) is 5.78 Å². The molecule has 214 valence electrons. The fourth-order valence-corrected chi connectivity index (χ4v) is 6.69. The smallest absolute Gasteiger partial charge is 0.301 e. The van der Waals surface area contributed by atoms with Crippen LogP contribution in [0.25, 0.3) is 21.6 Å². The van der Waals surface area contributed by atoms with Gasteiger partial charge in [-0.1, -0.05) is 49.4 Å². The summed E-state index contributed by atoms with van der Waals surface area (Å²) in [6.07, 6.45) is 2.66. The van der Waals surface area contributed by atoms with Crippen LogP contribution in [-0.4, -0.2) is 37.8 Å². The van der Waals surface area contributed by atoms with E-state index in [2.05, 4.69) is 18.8 Å². The van der Waals surface area contributed by atoms with Gasteiger partial charge in [0, 0.05) is 6.20 Å². The third-order valence-electron chi connectivity index (χ3n) is 7.54. The molecule has 0 bridgehead atoms. The predicted molar refractivity (Wildman–Crippen MR) is 165 cm³/mol. The molecule has 0 saturated carbocycles. The van der Waals surface area contributed by atoms with Gasteiger partial charge in [-0.3, -0.25) is 18.9 Å². The van der Waals surface area contributed by atoms with Gasteiger partial charge in [0.15, 0.2) is 10.9 Å². The van der Waals surface area contributed by atoms with E-state index in [9.17, 15) is 14.7 Å². The lowest BCUT2D eigenvalue weighted by atomic mass is 9.96. The van der Waals surface area contributed by atoms with E-state index in [0.29, 0.717) is 46.0 Å². The minimum atomic E-state index is -0.922. The van der Waals surface area contributed by atoms with E-state index in [1.807, 2.05) is 68.4 Å². The van der Waals surface area contributed by atoms with Crippen LogP contribution in [-0.2, 0) is 9.59 Å². The molecule has 42 heavy (non-hydrogen) atoms. The Morgan fingerprint density at radius 3 is 2.64 bits per heavy atom. The van der Waals surface area contributed by atoms with Crippen molar-refractivity contribution in [2.75, 3.05) is 11.5 Å². The summed E-state index contributed by atoms with van der Waals surface area (Å²) < 4.78 is 8.69. The van der Waals surface area contributed by atoms with E-state index in [-0.39, 0.29) is 11.3 Å². The number of Topliss-reactive ketones (excluding diaryl/α,β-unsaturated/α-hetero) is 1. The van der Waals surface area contributed by atoms with Crippen molar-refractivity contribution < 1.29 is 19.4 Å². The molecule has 5 aromatic rings. The van der Waals surface area contributed by atoms with Crippen LogP contribution < -0.4 is 9.64 Å². The number of nitrogens with zero attached hydrogens (tertiary/aromatic N) is 4. The minimum Gasteiger partial charge on any atom is -0.505 e. The number of pyridine rings is 1. The van der Waals surface area contributed by atoms with Crippen LogP contribution in [0.4, 0.5) is 5.13 Å². The number of ketones is 1. The molecule has 1 atom stereocenters. The molecule has 0 aliphatic carbocycles. The van der Waals surface area contributed by atoms with Crippen LogP contribution in [0.1, 0.15) is 54.4 Å². The van der Waals surface area contributed by atoms with E-state index in [1.54, 1.807) is 17.5 Å². The lowest BCUT2D eigenvalue weighted by Crippen LogP contribution is -2.29. The number of imidazole rings is 1. The fourth-order valence-electron chi connectivity index (χ4n) is 5.52. The summed E-state index contributed by atoms with van der Waals surface area (Å²) in [5, 5.41) is 12.2. The van der Waals surface area contributed by atoms with Gasteiger partial charge in [0.1, 0.15) is 17.1 Å². The maximum Gasteiger partial charge on any atom is 0.301 e. The van der Waals surface area contributed by atoms with Gasteiger partial charge in [-0.2, -0.15) is 0 Å². The van der Waals surface area contributed by atoms with E-state index >= 15 is 0 Å². The molecule has 0 spiro atoms. The molecule has 1 amide bonds. The number of thiazole rings is 1. The highest BCUT2D eigenvalue weighted by Crippen LogP contribution is 2.45. The molecule has 1 aliphatic rings. The van der Waals surface area contributed by atoms with Crippen LogP contribution >= 0.6 is 11.3 Å². The average Bonchev–Trinajstić information content (AvgIpc) is 3.59. The molecule has 1 N–H and O–H groups in total. The lowest BCUT2D eigenvalue weighted by Gasteiger charge is -2.23. The summed E-state index contributed by atoms with van der Waals surface area (Å²) >= 11 is 1.35. The monoisotopic (exact) mass is 580 g/mol. The molecule has 2 aromatic carbocycles. The number of aliphatic hydroxyl groups is 1. The van der Waals surface area contributed by atoms with Crippen LogP contribution in [0.5, 0.6) is 5.75 Å². The number of aryl methyl sites for hydroxylation is 3. The van der Waals surface area contributed by atoms with Crippen molar-refractivity contribution in [2.45, 2.75) is 47.1 Å². The van der Waals surface area contributed by atoms with Crippen molar-refractivity contribution in [2.24, 2.45) is 5.92 Å². The molecule has 1 unspecified atom stereocenters. The van der Waals surface area contributed by atoms with E-state index in [4.69, 9.17) is 9.72 Å². The normalized spacial score (nSPS) is 16.8. The maximum atomic E-state index is 13.8. The molecular formula is C33H32N4O4S. The molecule has 1 aliphatic heterocycles. The first-order valence-electron chi connectivity index (χ1n) is 14.0. The zero-order valence-electron chi connectivity index (χ0n) is 24.2. The lowest BCUT2D eigenvalue weighted by molar-refractivity contribution is -0.132. The van der Waals surface area contributed by atoms with Crippen molar-refractivity contribution >= 4 is 49.8 Å². The van der Waals surface area contributed by atoms with Gasteiger partial charge in [0.05, 0.1) is 34.1 Å². The second-order valence-corrected chi connectivity index (χ2v) is 12.2. The topological polar surface area (TPSA) is 97.0 Å². The quantitative estimate of drug-likeness (QED) is 0.128. The highest BCUT2D eigenvalue weighted by molar-refractivity contribution is 7.22. The van der Waals surface area contributed by atoms with Gasteiger partial charge >= 0.3 is 5.91 Å². The van der Waals surface area contributed by atoms with Crippen molar-refractivity contribution in [3.05, 3.63) is 94.4 Å². The van der Waals surface area contributed by atoms with Gasteiger partial charge in [-0.05, 0) is 80.1 Å². The number of ether oxygens (including phenoxy) is 1. The SMILES string of the molecule is Cc1cc(C)c2nc(N3C(=O)C(=O)/C(=C(/O)c4c(C)nc5ccccn45)C3c3cccc(OCCC(C)C)c3)sc2c1. The van der Waals surface area contributed by atoms with Crippen molar-refractivity contribution in [3.8, 4) is 5.75 Å². The Morgan fingerprint density at radius 1 is 1.05 bits per heavy atom. The first-order chi connectivity index (χ1) is 20.1. The third-order valence-corrected chi connectivity index (χ3v) is 8.54. The largest absolute Gasteiger partial charge is 0.505 e. The van der Waals surface area contributed by atoms with E-state index in [0.717, 1.165) is 27.8 Å². The first-order valence-corrected chi connectivity index (χ1v) is 14.8. The van der Waals surface area contributed by atoms with Crippen molar-refractivity contribution in [3.63, 3.8) is 0 Å². The summed E-state index contributed by atoms with van der Waals surface area (Å²) in [5.41, 5.74) is 5.01. The standard InChI is InChI=1S/C33H32N4O4S/c1-18(2)12-14-41-23-10-8-9-22(17-23)29-26(30(38)28-21(5)34-25-11-6-7-13-36(25)28)31(39)32(40)37(29)33-35-27-20(4)15-19(3)16-24(27)42-33/h6-11,13,15-18,29,38H,12,14H2,1-5H3/b30-26+. The van der Waals surface area contributed by atoms with Gasteiger partial charge in [-0.25, -0.2) is 9.97 Å². The Bertz CT molecular complexity index is 1900. The molecule has 8 nitrogen and oxygen atoms in total. The second-order valence-electron chi connectivity index (χ2n) is 11.2. The summed E-state index contributed by atoms with van der Waals surface area (Å²) in [6.45, 7) is 10.6. The van der Waals surface area contributed by atoms with Crippen LogP contribution in [0.2, 0.25) is 0 Å². The number of aromatic nitrogens is 3. The molecule has 4 heterocycles. The number of aliphatic hydroxyl groups excluding tert-OH is 1. The number of fused-ring (bicyclic) bond motifs is 2. The highest BCUT2D eigenvalue weighted by atomic mass is 32.1. The van der Waals surface area contributed by atoms with E-state index in [1.165, 1.54) is 16.2 Å². The van der Waals surface area contributed by atoms with Crippen LogP contribution in [0.3, 0.4) is 0 Å². The summed E-state index contributed by atoms with van der Waals surface area (Å²) in [6, 6.07) is 16.0. The number of carbonyl (C=O) groups excluding carboxylic acids is 2. The molecular weight excluding hydrogens is 548 g/mol. The van der Waals surface area contributed by atoms with E-state index < -0.39 is 17.7 Å². The summed E-state index contributed by atoms with van der Waals surface area (Å²) in [7, 11) is 0. The predicted octanol–water partition coefficient (Wildman–Crippen LogP) is 6.92. The van der Waals surface area contributed by atoms with Gasteiger partial charge < -0.3 is 9.84 Å². The number of carbonyl (C=O) groups is 2. The second kappa shape index (κ2) is 10.7. The Hall–Kier alpha value is -4.50. The molecule has 9 heteroatoms. The fraction of sp³-hybridized carbons (Fsp3) is 0.273. The van der Waals surface area contributed by atoms with Crippen molar-refractivity contribution in [1.82, 2.24) is 14.4 Å². The number of anilines is 1. The maximum absolute atomic E-state index is 13.8. The Kier molecular flexibility index (Phi) is 7.06. The molecule has 6 rings (SSSR count). The Morgan fingerprint density at radius 2 is 1.86 bits per heavy atom. The first kappa shape index (κ1) is 27.7. The third kappa shape index (κ3) is 4.73. The molecule has 1 fully saturated rings. The Labute approximate surface area is 247 Å². The van der Waals surface area contributed by atoms with Gasteiger partial charge in [-0.15, -0.1) is 0 Å². The number of rotatable bonds is 7. The van der Waals surface area contributed by atoms with Crippen LogP contribution in [0, 0.1) is 26.7 Å². The van der Waals surface area contributed by atoms with Gasteiger partial charge in [0.2, 0.25) is 0 Å². The highest BCUT2D eigenvalue weighted by Gasteiger charge is 2.48. The summed E-state index contributed by atoms with van der Waals surface area (Å²) in [5.74, 6) is -0.689. The number of amides is 1. The van der Waals surface area contributed by atoms with Crippen LogP contribution in [0.15, 0.2) is 66.4 Å².